The smallest absolute Gasteiger partial charge is 0.220 e. The van der Waals surface area contributed by atoms with E-state index in [2.05, 4.69) is 39.4 Å². The molecular formula is C12H12BrNO. The lowest BCUT2D eigenvalue weighted by Crippen LogP contribution is -2.25. The average molecular weight is 266 g/mol. The summed E-state index contributed by atoms with van der Waals surface area (Å²) in [6.07, 6.45) is 2.88. The Hall–Kier alpha value is -0.830. The van der Waals surface area contributed by atoms with Crippen molar-refractivity contribution >= 4 is 21.8 Å². The standard InChI is InChI=1S/C12H12BrNO/c13-9-1-2-10-8(5-9)3-4-12(10)6-11(15)14-7-12/h1-2,5H,3-4,6-7H2,(H,14,15). The van der Waals surface area contributed by atoms with Gasteiger partial charge in [-0.25, -0.2) is 0 Å². The van der Waals surface area contributed by atoms with Gasteiger partial charge in [-0.1, -0.05) is 22.0 Å². The molecule has 0 aromatic heterocycles. The molecule has 1 saturated heterocycles. The van der Waals surface area contributed by atoms with Crippen molar-refractivity contribution in [3.05, 3.63) is 33.8 Å². The summed E-state index contributed by atoms with van der Waals surface area (Å²) in [5.74, 6) is 0.200. The molecule has 1 spiro atoms. The Morgan fingerprint density at radius 1 is 1.40 bits per heavy atom. The highest BCUT2D eigenvalue weighted by molar-refractivity contribution is 9.10. The van der Waals surface area contributed by atoms with Gasteiger partial charge in [-0.3, -0.25) is 4.79 Å². The minimum Gasteiger partial charge on any atom is -0.355 e. The number of hydrogen-bond acceptors (Lipinski definition) is 1. The number of benzene rings is 1. The van der Waals surface area contributed by atoms with Crippen LogP contribution in [-0.2, 0) is 16.6 Å². The van der Waals surface area contributed by atoms with Gasteiger partial charge in [-0.15, -0.1) is 0 Å². The van der Waals surface area contributed by atoms with E-state index in [1.54, 1.807) is 0 Å². The molecule has 2 nitrogen and oxygen atoms in total. The predicted octanol–water partition coefficient (Wildman–Crippen LogP) is 2.15. The molecule has 1 N–H and O–H groups in total. The molecule has 1 heterocycles. The van der Waals surface area contributed by atoms with Crippen LogP contribution in [0, 0.1) is 0 Å². The Balaban J connectivity index is 2.08. The summed E-state index contributed by atoms with van der Waals surface area (Å²) in [7, 11) is 0. The van der Waals surface area contributed by atoms with Crippen LogP contribution >= 0.6 is 15.9 Å². The molecule has 3 rings (SSSR count). The van der Waals surface area contributed by atoms with Gasteiger partial charge < -0.3 is 5.32 Å². The summed E-state index contributed by atoms with van der Waals surface area (Å²) in [5, 5.41) is 2.96. The van der Waals surface area contributed by atoms with Crippen LogP contribution in [0.25, 0.3) is 0 Å². The molecule has 78 valence electrons. The van der Waals surface area contributed by atoms with Gasteiger partial charge in [-0.05, 0) is 36.1 Å². The maximum atomic E-state index is 11.4. The first kappa shape index (κ1) is 9.40. The van der Waals surface area contributed by atoms with Crippen molar-refractivity contribution in [2.24, 2.45) is 0 Å². The molecule has 1 aliphatic carbocycles. The highest BCUT2D eigenvalue weighted by atomic mass is 79.9. The van der Waals surface area contributed by atoms with Crippen molar-refractivity contribution in [1.82, 2.24) is 5.32 Å². The summed E-state index contributed by atoms with van der Waals surface area (Å²) < 4.78 is 1.13. The second-order valence-electron chi connectivity index (χ2n) is 4.54. The van der Waals surface area contributed by atoms with Gasteiger partial charge in [0.25, 0.3) is 0 Å². The molecule has 1 amide bonds. The molecule has 1 atom stereocenters. The summed E-state index contributed by atoms with van der Waals surface area (Å²) >= 11 is 3.49. The van der Waals surface area contributed by atoms with Crippen LogP contribution in [0.5, 0.6) is 0 Å². The number of hydrogen-bond donors (Lipinski definition) is 1. The van der Waals surface area contributed by atoms with Crippen molar-refractivity contribution in [1.29, 1.82) is 0 Å². The SMILES string of the molecule is O=C1CC2(CCc3cc(Br)ccc32)CN1. The number of nitrogens with one attached hydrogen (secondary N) is 1. The Bertz CT molecular complexity index is 443. The molecule has 0 saturated carbocycles. The lowest BCUT2D eigenvalue weighted by atomic mass is 9.81. The number of fused-ring (bicyclic) bond motifs is 2. The number of halogens is 1. The normalized spacial score (nSPS) is 28.2. The number of amides is 1. The lowest BCUT2D eigenvalue weighted by Gasteiger charge is -2.21. The quantitative estimate of drug-likeness (QED) is 0.766. The van der Waals surface area contributed by atoms with Crippen LogP contribution < -0.4 is 5.32 Å². The maximum Gasteiger partial charge on any atom is 0.220 e. The molecule has 1 aromatic carbocycles. The van der Waals surface area contributed by atoms with E-state index in [1.165, 1.54) is 11.1 Å². The molecule has 0 bridgehead atoms. The average Bonchev–Trinajstić information content (AvgIpc) is 2.73. The molecule has 1 aliphatic heterocycles. The minimum atomic E-state index is 0.104. The molecule has 2 aliphatic rings. The van der Waals surface area contributed by atoms with Gasteiger partial charge in [0.05, 0.1) is 0 Å². The highest BCUT2D eigenvalue weighted by Gasteiger charge is 2.44. The Kier molecular flexibility index (Phi) is 1.93. The van der Waals surface area contributed by atoms with Crippen LogP contribution in [0.15, 0.2) is 22.7 Å². The van der Waals surface area contributed by atoms with Gasteiger partial charge in [0.15, 0.2) is 0 Å². The van der Waals surface area contributed by atoms with Crippen molar-refractivity contribution in [3.8, 4) is 0 Å². The van der Waals surface area contributed by atoms with Crippen LogP contribution in [0.4, 0.5) is 0 Å². The first-order chi connectivity index (χ1) is 7.20. The van der Waals surface area contributed by atoms with Gasteiger partial charge in [0.1, 0.15) is 0 Å². The summed E-state index contributed by atoms with van der Waals surface area (Å²) in [4.78, 5) is 11.4. The summed E-state index contributed by atoms with van der Waals surface area (Å²) in [6, 6.07) is 6.44. The Morgan fingerprint density at radius 2 is 2.27 bits per heavy atom. The van der Waals surface area contributed by atoms with Crippen molar-refractivity contribution < 1.29 is 4.79 Å². The fraction of sp³-hybridized carbons (Fsp3) is 0.417. The Labute approximate surface area is 97.2 Å². The molecule has 0 radical (unpaired) electrons. The number of carbonyl (C=O) groups excluding carboxylic acids is 1. The fourth-order valence-electron chi connectivity index (χ4n) is 2.86. The topological polar surface area (TPSA) is 29.1 Å². The minimum absolute atomic E-state index is 0.104. The molecule has 15 heavy (non-hydrogen) atoms. The second-order valence-corrected chi connectivity index (χ2v) is 5.45. The molecule has 1 unspecified atom stereocenters. The van der Waals surface area contributed by atoms with E-state index in [9.17, 15) is 4.79 Å². The van der Waals surface area contributed by atoms with E-state index in [-0.39, 0.29) is 11.3 Å². The summed E-state index contributed by atoms with van der Waals surface area (Å²) in [5.41, 5.74) is 2.89. The van der Waals surface area contributed by atoms with E-state index in [4.69, 9.17) is 0 Å². The summed E-state index contributed by atoms with van der Waals surface area (Å²) in [6.45, 7) is 0.820. The largest absolute Gasteiger partial charge is 0.355 e. The van der Waals surface area contributed by atoms with Crippen LogP contribution in [-0.4, -0.2) is 12.5 Å². The zero-order valence-electron chi connectivity index (χ0n) is 8.35. The predicted molar refractivity (Wildman–Crippen MR) is 61.8 cm³/mol. The molecular weight excluding hydrogens is 254 g/mol. The van der Waals surface area contributed by atoms with Gasteiger partial charge >= 0.3 is 0 Å². The zero-order valence-corrected chi connectivity index (χ0v) is 9.93. The molecule has 1 fully saturated rings. The fourth-order valence-corrected chi connectivity index (χ4v) is 3.27. The highest BCUT2D eigenvalue weighted by Crippen LogP contribution is 2.44. The third-order valence-corrected chi connectivity index (χ3v) is 4.13. The lowest BCUT2D eigenvalue weighted by molar-refractivity contribution is -0.119. The zero-order chi connectivity index (χ0) is 10.5. The Morgan fingerprint density at radius 3 is 3.00 bits per heavy atom. The number of aryl methyl sites for hydroxylation is 1. The van der Waals surface area contributed by atoms with E-state index >= 15 is 0 Å². The number of rotatable bonds is 0. The first-order valence-corrected chi connectivity index (χ1v) is 6.05. The van der Waals surface area contributed by atoms with Crippen LogP contribution in [0.3, 0.4) is 0 Å². The van der Waals surface area contributed by atoms with Crippen molar-refractivity contribution in [2.45, 2.75) is 24.7 Å². The molecule has 3 heteroatoms. The monoisotopic (exact) mass is 265 g/mol. The van der Waals surface area contributed by atoms with Gasteiger partial charge in [-0.2, -0.15) is 0 Å². The third-order valence-electron chi connectivity index (χ3n) is 3.63. The maximum absolute atomic E-state index is 11.4. The van der Waals surface area contributed by atoms with Crippen LogP contribution in [0.2, 0.25) is 0 Å². The van der Waals surface area contributed by atoms with E-state index in [0.29, 0.717) is 6.42 Å². The van der Waals surface area contributed by atoms with Crippen molar-refractivity contribution in [2.75, 3.05) is 6.54 Å². The second kappa shape index (κ2) is 3.08. The number of carbonyl (C=O) groups is 1. The van der Waals surface area contributed by atoms with Crippen LogP contribution in [0.1, 0.15) is 24.0 Å². The van der Waals surface area contributed by atoms with Gasteiger partial charge in [0, 0.05) is 22.9 Å². The van der Waals surface area contributed by atoms with Gasteiger partial charge in [0.2, 0.25) is 5.91 Å². The van der Waals surface area contributed by atoms with E-state index in [0.717, 1.165) is 23.9 Å². The molecule has 1 aromatic rings. The first-order valence-electron chi connectivity index (χ1n) is 5.25. The van der Waals surface area contributed by atoms with E-state index in [1.807, 2.05) is 0 Å². The van der Waals surface area contributed by atoms with E-state index < -0.39 is 0 Å². The van der Waals surface area contributed by atoms with Crippen molar-refractivity contribution in [3.63, 3.8) is 0 Å². The third kappa shape index (κ3) is 1.33.